The molecule has 2 aromatic heterocycles. The summed E-state index contributed by atoms with van der Waals surface area (Å²) in [6.07, 6.45) is 3.06. The van der Waals surface area contributed by atoms with Gasteiger partial charge in [-0.3, -0.25) is 9.36 Å². The van der Waals surface area contributed by atoms with Gasteiger partial charge in [0.2, 0.25) is 5.43 Å². The molecule has 0 unspecified atom stereocenters. The number of carboxylic acid groups (broad SMARTS) is 1. The third-order valence-corrected chi connectivity index (χ3v) is 6.49. The SMILES string of the molecule is N[C@@H]1C[C@@H]2CCN(c3ccc4c(=O)c(C(=O)O)cn(-c5ccc(F)cc5F)c4n3)C[C@@H]21. The first kappa shape index (κ1) is 19.6. The van der Waals surface area contributed by atoms with Gasteiger partial charge in [0, 0.05) is 31.4 Å². The number of nitrogens with zero attached hydrogens (tertiary/aromatic N) is 3. The van der Waals surface area contributed by atoms with Crippen molar-refractivity contribution in [1.29, 1.82) is 0 Å². The minimum Gasteiger partial charge on any atom is -0.477 e. The summed E-state index contributed by atoms with van der Waals surface area (Å²) in [6, 6.07) is 6.30. The molecule has 3 atom stereocenters. The Hall–Kier alpha value is -3.33. The predicted molar refractivity (Wildman–Crippen MR) is 111 cm³/mol. The van der Waals surface area contributed by atoms with E-state index in [1.807, 2.05) is 0 Å². The van der Waals surface area contributed by atoms with Crippen molar-refractivity contribution in [2.45, 2.75) is 18.9 Å². The van der Waals surface area contributed by atoms with Crippen LogP contribution >= 0.6 is 0 Å². The van der Waals surface area contributed by atoms with E-state index >= 15 is 0 Å². The van der Waals surface area contributed by atoms with E-state index in [0.717, 1.165) is 38.2 Å². The van der Waals surface area contributed by atoms with Gasteiger partial charge in [0.05, 0.1) is 11.1 Å². The molecule has 7 nitrogen and oxygen atoms in total. The lowest BCUT2D eigenvalue weighted by Crippen LogP contribution is -2.56. The summed E-state index contributed by atoms with van der Waals surface area (Å²) in [5.74, 6) is -1.49. The molecular formula is C22H20F2N4O3. The Morgan fingerprint density at radius 1 is 1.23 bits per heavy atom. The topological polar surface area (TPSA) is 101 Å². The number of hydrogen-bond donors (Lipinski definition) is 2. The molecule has 5 rings (SSSR count). The summed E-state index contributed by atoms with van der Waals surface area (Å²) >= 11 is 0. The molecule has 31 heavy (non-hydrogen) atoms. The first-order valence-electron chi connectivity index (χ1n) is 10.1. The third-order valence-electron chi connectivity index (χ3n) is 6.49. The molecule has 1 saturated carbocycles. The quantitative estimate of drug-likeness (QED) is 0.668. The van der Waals surface area contributed by atoms with Gasteiger partial charge in [-0.05, 0) is 48.9 Å². The maximum absolute atomic E-state index is 14.6. The zero-order valence-corrected chi connectivity index (χ0v) is 16.5. The van der Waals surface area contributed by atoms with Crippen LogP contribution in [0.5, 0.6) is 0 Å². The average Bonchev–Trinajstić information content (AvgIpc) is 2.73. The number of fused-ring (bicyclic) bond motifs is 2. The van der Waals surface area contributed by atoms with Gasteiger partial charge in [-0.25, -0.2) is 18.6 Å². The number of nitrogens with two attached hydrogens (primary N) is 1. The summed E-state index contributed by atoms with van der Waals surface area (Å²) in [7, 11) is 0. The number of aromatic carboxylic acids is 1. The van der Waals surface area contributed by atoms with Gasteiger partial charge in [-0.15, -0.1) is 0 Å². The van der Waals surface area contributed by atoms with Crippen LogP contribution in [0.3, 0.4) is 0 Å². The van der Waals surface area contributed by atoms with E-state index in [1.165, 1.54) is 16.7 Å². The first-order chi connectivity index (χ1) is 14.8. The fourth-order valence-electron chi connectivity index (χ4n) is 4.73. The smallest absolute Gasteiger partial charge is 0.341 e. The van der Waals surface area contributed by atoms with Crippen molar-refractivity contribution in [3.8, 4) is 5.69 Å². The van der Waals surface area contributed by atoms with Crippen molar-refractivity contribution in [3.63, 3.8) is 0 Å². The van der Waals surface area contributed by atoms with Crippen molar-refractivity contribution < 1.29 is 18.7 Å². The van der Waals surface area contributed by atoms with Gasteiger partial charge < -0.3 is 15.7 Å². The van der Waals surface area contributed by atoms with Gasteiger partial charge in [0.1, 0.15) is 23.0 Å². The van der Waals surface area contributed by atoms with Gasteiger partial charge in [0.15, 0.2) is 5.65 Å². The number of anilines is 1. The van der Waals surface area contributed by atoms with Gasteiger partial charge in [-0.1, -0.05) is 0 Å². The number of aromatic nitrogens is 2. The van der Waals surface area contributed by atoms with Crippen molar-refractivity contribution >= 4 is 22.8 Å². The molecule has 1 aliphatic carbocycles. The van der Waals surface area contributed by atoms with Gasteiger partial charge >= 0.3 is 5.97 Å². The highest BCUT2D eigenvalue weighted by Crippen LogP contribution is 2.40. The highest BCUT2D eigenvalue weighted by atomic mass is 19.1. The molecule has 1 aliphatic heterocycles. The number of hydrogen-bond acceptors (Lipinski definition) is 5. The van der Waals surface area contributed by atoms with E-state index in [1.54, 1.807) is 6.07 Å². The Labute approximate surface area is 175 Å². The molecular weight excluding hydrogens is 406 g/mol. The Morgan fingerprint density at radius 2 is 2.03 bits per heavy atom. The molecule has 0 spiro atoms. The second-order valence-corrected chi connectivity index (χ2v) is 8.24. The van der Waals surface area contributed by atoms with Crippen LogP contribution in [-0.4, -0.2) is 39.8 Å². The van der Waals surface area contributed by atoms with E-state index < -0.39 is 28.6 Å². The minimum atomic E-state index is -1.44. The van der Waals surface area contributed by atoms with Crippen molar-refractivity contribution in [3.05, 3.63) is 63.9 Å². The molecule has 1 saturated heterocycles. The van der Waals surface area contributed by atoms with Crippen LogP contribution in [0.2, 0.25) is 0 Å². The van der Waals surface area contributed by atoms with E-state index in [4.69, 9.17) is 5.73 Å². The maximum atomic E-state index is 14.6. The molecule has 3 N–H and O–H groups in total. The number of piperidine rings is 1. The summed E-state index contributed by atoms with van der Waals surface area (Å²) < 4.78 is 29.2. The maximum Gasteiger partial charge on any atom is 0.341 e. The molecule has 160 valence electrons. The Bertz CT molecular complexity index is 1280. The van der Waals surface area contributed by atoms with E-state index in [9.17, 15) is 23.5 Å². The molecule has 3 aromatic rings. The molecule has 9 heteroatoms. The lowest BCUT2D eigenvalue weighted by Gasteiger charge is -2.50. The average molecular weight is 426 g/mol. The largest absolute Gasteiger partial charge is 0.477 e. The number of rotatable bonds is 3. The summed E-state index contributed by atoms with van der Waals surface area (Å²) in [5, 5.41) is 9.49. The van der Waals surface area contributed by atoms with Crippen molar-refractivity contribution in [2.24, 2.45) is 17.6 Å². The fourth-order valence-corrected chi connectivity index (χ4v) is 4.73. The summed E-state index contributed by atoms with van der Waals surface area (Å²) in [6.45, 7) is 1.53. The zero-order chi connectivity index (χ0) is 21.9. The third kappa shape index (κ3) is 3.16. The van der Waals surface area contributed by atoms with Crippen LogP contribution in [0.1, 0.15) is 23.2 Å². The molecule has 1 aromatic carbocycles. The van der Waals surface area contributed by atoms with Crippen LogP contribution in [0, 0.1) is 23.5 Å². The van der Waals surface area contributed by atoms with E-state index in [2.05, 4.69) is 9.88 Å². The summed E-state index contributed by atoms with van der Waals surface area (Å²) in [5.41, 5.74) is 4.92. The summed E-state index contributed by atoms with van der Waals surface area (Å²) in [4.78, 5) is 31.0. The number of carboxylic acids is 1. The number of pyridine rings is 2. The zero-order valence-electron chi connectivity index (χ0n) is 16.5. The Morgan fingerprint density at radius 3 is 2.74 bits per heavy atom. The highest BCUT2D eigenvalue weighted by molar-refractivity contribution is 5.92. The van der Waals surface area contributed by atoms with Crippen molar-refractivity contribution in [1.82, 2.24) is 9.55 Å². The van der Waals surface area contributed by atoms with Gasteiger partial charge in [-0.2, -0.15) is 0 Å². The van der Waals surface area contributed by atoms with Crippen LogP contribution in [-0.2, 0) is 0 Å². The Kier molecular flexibility index (Phi) is 4.51. The highest BCUT2D eigenvalue weighted by Gasteiger charge is 2.42. The fraction of sp³-hybridized carbons (Fsp3) is 0.318. The van der Waals surface area contributed by atoms with E-state index in [-0.39, 0.29) is 22.8 Å². The Balaban J connectivity index is 1.68. The first-order valence-corrected chi connectivity index (χ1v) is 10.1. The second-order valence-electron chi connectivity index (χ2n) is 8.24. The minimum absolute atomic E-state index is 0.0441. The molecule has 0 amide bonds. The lowest BCUT2D eigenvalue weighted by molar-refractivity contribution is 0.0695. The van der Waals surface area contributed by atoms with E-state index in [0.29, 0.717) is 23.7 Å². The van der Waals surface area contributed by atoms with Gasteiger partial charge in [0.25, 0.3) is 0 Å². The number of benzene rings is 1. The number of carbonyl (C=O) groups is 1. The molecule has 0 radical (unpaired) electrons. The molecule has 3 heterocycles. The number of halogens is 2. The molecule has 2 aliphatic rings. The molecule has 2 fully saturated rings. The monoisotopic (exact) mass is 426 g/mol. The standard InChI is InChI=1S/C22H20F2N4O3/c23-12-1-3-18(16(24)8-12)28-10-15(22(30)31)20(29)13-2-4-19(26-21(13)28)27-6-5-11-7-17(25)14(11)9-27/h1-4,8,10-11,14,17H,5-7,9,25H2,(H,30,31)/t11-,14-,17+/m0/s1. The van der Waals surface area contributed by atoms with Crippen LogP contribution in [0.4, 0.5) is 14.6 Å². The van der Waals surface area contributed by atoms with Crippen molar-refractivity contribution in [2.75, 3.05) is 18.0 Å². The van der Waals surface area contributed by atoms with Crippen LogP contribution in [0.15, 0.2) is 41.3 Å². The molecule has 0 bridgehead atoms. The van der Waals surface area contributed by atoms with Crippen LogP contribution < -0.4 is 16.1 Å². The van der Waals surface area contributed by atoms with Crippen LogP contribution in [0.25, 0.3) is 16.7 Å². The normalized spacial score (nSPS) is 22.8. The lowest BCUT2D eigenvalue weighted by atomic mass is 9.66. The predicted octanol–water partition coefficient (Wildman–Crippen LogP) is 2.54. The second kappa shape index (κ2) is 7.12.